The van der Waals surface area contributed by atoms with E-state index in [-0.39, 0.29) is 5.78 Å². The molecule has 0 spiro atoms. The lowest BCUT2D eigenvalue weighted by Gasteiger charge is -2.14. The zero-order chi connectivity index (χ0) is 15.1. The summed E-state index contributed by atoms with van der Waals surface area (Å²) in [6, 6.07) is 11.5. The van der Waals surface area contributed by atoms with Crippen LogP contribution >= 0.6 is 0 Å². The molecule has 0 radical (unpaired) electrons. The molecular weight excluding hydrogens is 268 g/mol. The van der Waals surface area contributed by atoms with Crippen LogP contribution in [0.15, 0.2) is 40.9 Å². The maximum atomic E-state index is 11.1. The third-order valence-electron chi connectivity index (χ3n) is 3.04. The third-order valence-corrected chi connectivity index (χ3v) is 3.04. The van der Waals surface area contributed by atoms with Crippen LogP contribution < -0.4 is 4.74 Å². The molecule has 0 aliphatic heterocycles. The molecule has 21 heavy (non-hydrogen) atoms. The van der Waals surface area contributed by atoms with E-state index in [2.05, 4.69) is 10.1 Å². The maximum absolute atomic E-state index is 11.1. The van der Waals surface area contributed by atoms with Gasteiger partial charge in [0.05, 0.1) is 13.2 Å². The average Bonchev–Trinajstić information content (AvgIpc) is 2.93. The molecule has 0 bridgehead atoms. The van der Waals surface area contributed by atoms with Gasteiger partial charge < -0.3 is 9.26 Å². The van der Waals surface area contributed by atoms with Crippen LogP contribution in [0.25, 0.3) is 0 Å². The Morgan fingerprint density at radius 2 is 2.10 bits per heavy atom. The van der Waals surface area contributed by atoms with Crippen molar-refractivity contribution >= 4 is 5.78 Å². The number of para-hydroxylation sites is 1. The standard InChI is InChI=1S/C16H20N2O3/c1-13(19)16-11-15(21-17-16)12-18(2)9-6-10-20-14-7-4-3-5-8-14/h3-5,7-8,11H,6,9-10,12H2,1-2H3. The average molecular weight is 288 g/mol. The van der Waals surface area contributed by atoms with Gasteiger partial charge in [-0.1, -0.05) is 23.4 Å². The molecule has 0 aliphatic carbocycles. The van der Waals surface area contributed by atoms with E-state index in [1.807, 2.05) is 37.4 Å². The molecule has 1 aromatic carbocycles. The number of benzene rings is 1. The van der Waals surface area contributed by atoms with Gasteiger partial charge in [-0.3, -0.25) is 9.69 Å². The molecular formula is C16H20N2O3. The van der Waals surface area contributed by atoms with Crippen molar-refractivity contribution in [2.24, 2.45) is 0 Å². The number of ketones is 1. The number of hydrogen-bond donors (Lipinski definition) is 0. The lowest BCUT2D eigenvalue weighted by atomic mass is 10.3. The van der Waals surface area contributed by atoms with Crippen LogP contribution in [0.4, 0.5) is 0 Å². The first-order valence-electron chi connectivity index (χ1n) is 6.98. The summed E-state index contributed by atoms with van der Waals surface area (Å²) in [7, 11) is 2.00. The fraction of sp³-hybridized carbons (Fsp3) is 0.375. The highest BCUT2D eigenvalue weighted by atomic mass is 16.5. The molecule has 0 saturated heterocycles. The Morgan fingerprint density at radius 1 is 1.33 bits per heavy atom. The number of carbonyl (C=O) groups is 1. The summed E-state index contributed by atoms with van der Waals surface area (Å²) in [5.41, 5.74) is 0.380. The molecule has 0 amide bonds. The van der Waals surface area contributed by atoms with Crippen molar-refractivity contribution in [2.75, 3.05) is 20.2 Å². The highest BCUT2D eigenvalue weighted by Gasteiger charge is 2.09. The van der Waals surface area contributed by atoms with Gasteiger partial charge in [-0.15, -0.1) is 0 Å². The quantitative estimate of drug-likeness (QED) is 0.552. The predicted molar refractivity (Wildman–Crippen MR) is 79.4 cm³/mol. The van der Waals surface area contributed by atoms with E-state index in [0.29, 0.717) is 24.6 Å². The van der Waals surface area contributed by atoms with E-state index in [1.54, 1.807) is 6.07 Å². The molecule has 1 heterocycles. The Kier molecular flexibility index (Phi) is 5.51. The second kappa shape index (κ2) is 7.59. The van der Waals surface area contributed by atoms with Crippen LogP contribution in [-0.4, -0.2) is 36.0 Å². The minimum absolute atomic E-state index is 0.0797. The summed E-state index contributed by atoms with van der Waals surface area (Å²) in [4.78, 5) is 13.2. The summed E-state index contributed by atoms with van der Waals surface area (Å²) in [5, 5.41) is 3.73. The minimum atomic E-state index is -0.0797. The van der Waals surface area contributed by atoms with Crippen LogP contribution in [0, 0.1) is 0 Å². The fourth-order valence-corrected chi connectivity index (χ4v) is 1.94. The van der Waals surface area contributed by atoms with Crippen molar-refractivity contribution in [3.8, 4) is 5.75 Å². The van der Waals surface area contributed by atoms with E-state index < -0.39 is 0 Å². The number of rotatable bonds is 8. The molecule has 0 fully saturated rings. The number of carbonyl (C=O) groups excluding carboxylic acids is 1. The molecule has 0 unspecified atom stereocenters. The molecule has 0 saturated carbocycles. The van der Waals surface area contributed by atoms with Crippen molar-refractivity contribution in [3.05, 3.63) is 47.9 Å². The first-order chi connectivity index (χ1) is 10.1. The van der Waals surface area contributed by atoms with Crippen LogP contribution in [0.3, 0.4) is 0 Å². The Hall–Kier alpha value is -2.14. The SMILES string of the molecule is CC(=O)c1cc(CN(C)CCCOc2ccccc2)on1. The van der Waals surface area contributed by atoms with Gasteiger partial charge in [0.25, 0.3) is 0 Å². The van der Waals surface area contributed by atoms with Gasteiger partial charge in [0.15, 0.2) is 11.5 Å². The first-order valence-corrected chi connectivity index (χ1v) is 6.98. The van der Waals surface area contributed by atoms with Crippen LogP contribution in [0.5, 0.6) is 5.75 Å². The Labute approximate surface area is 124 Å². The summed E-state index contributed by atoms with van der Waals surface area (Å²) in [6.45, 7) is 3.66. The maximum Gasteiger partial charge on any atom is 0.181 e. The van der Waals surface area contributed by atoms with Gasteiger partial charge in [0.2, 0.25) is 0 Å². The first kappa shape index (κ1) is 15.3. The number of ether oxygens (including phenoxy) is 1. The van der Waals surface area contributed by atoms with Gasteiger partial charge in [0.1, 0.15) is 11.4 Å². The van der Waals surface area contributed by atoms with Crippen LogP contribution in [0.1, 0.15) is 29.6 Å². The van der Waals surface area contributed by atoms with E-state index >= 15 is 0 Å². The van der Waals surface area contributed by atoms with E-state index in [4.69, 9.17) is 9.26 Å². The Balaban J connectivity index is 1.67. The zero-order valence-electron chi connectivity index (χ0n) is 12.4. The molecule has 1 aromatic heterocycles. The minimum Gasteiger partial charge on any atom is -0.494 e. The summed E-state index contributed by atoms with van der Waals surface area (Å²) in [6.07, 6.45) is 0.916. The number of hydrogen-bond acceptors (Lipinski definition) is 5. The van der Waals surface area contributed by atoms with Crippen molar-refractivity contribution in [2.45, 2.75) is 19.9 Å². The third kappa shape index (κ3) is 5.04. The van der Waals surface area contributed by atoms with Gasteiger partial charge in [0, 0.05) is 19.5 Å². The zero-order valence-corrected chi connectivity index (χ0v) is 12.4. The molecule has 2 rings (SSSR count). The van der Waals surface area contributed by atoms with Crippen molar-refractivity contribution < 1.29 is 14.1 Å². The molecule has 5 nitrogen and oxygen atoms in total. The summed E-state index contributed by atoms with van der Waals surface area (Å²) >= 11 is 0. The van der Waals surface area contributed by atoms with Gasteiger partial charge in [-0.2, -0.15) is 0 Å². The Morgan fingerprint density at radius 3 is 2.76 bits per heavy atom. The molecule has 5 heteroatoms. The summed E-state index contributed by atoms with van der Waals surface area (Å²) in [5.74, 6) is 1.51. The molecule has 112 valence electrons. The lowest BCUT2D eigenvalue weighted by Crippen LogP contribution is -2.20. The topological polar surface area (TPSA) is 55.6 Å². The van der Waals surface area contributed by atoms with E-state index in [0.717, 1.165) is 18.7 Å². The van der Waals surface area contributed by atoms with Gasteiger partial charge in [-0.05, 0) is 25.6 Å². The molecule has 0 N–H and O–H groups in total. The fourth-order valence-electron chi connectivity index (χ4n) is 1.94. The van der Waals surface area contributed by atoms with Crippen LogP contribution in [0.2, 0.25) is 0 Å². The predicted octanol–water partition coefficient (Wildman–Crippen LogP) is 2.78. The van der Waals surface area contributed by atoms with E-state index in [9.17, 15) is 4.79 Å². The summed E-state index contributed by atoms with van der Waals surface area (Å²) < 4.78 is 10.8. The monoisotopic (exact) mass is 288 g/mol. The van der Waals surface area contributed by atoms with Crippen molar-refractivity contribution in [3.63, 3.8) is 0 Å². The van der Waals surface area contributed by atoms with Crippen LogP contribution in [-0.2, 0) is 6.54 Å². The normalized spacial score (nSPS) is 10.8. The second-order valence-electron chi connectivity index (χ2n) is 4.99. The highest BCUT2D eigenvalue weighted by Crippen LogP contribution is 2.09. The largest absolute Gasteiger partial charge is 0.494 e. The highest BCUT2D eigenvalue weighted by molar-refractivity contribution is 5.91. The number of Topliss-reactive ketones (excluding diaryl/α,β-unsaturated/α-hetero) is 1. The number of nitrogens with zero attached hydrogens (tertiary/aromatic N) is 2. The van der Waals surface area contributed by atoms with E-state index in [1.165, 1.54) is 6.92 Å². The van der Waals surface area contributed by atoms with Crippen molar-refractivity contribution in [1.82, 2.24) is 10.1 Å². The Bertz CT molecular complexity index is 566. The lowest BCUT2D eigenvalue weighted by molar-refractivity contribution is 0.100. The smallest absolute Gasteiger partial charge is 0.181 e. The van der Waals surface area contributed by atoms with Gasteiger partial charge >= 0.3 is 0 Å². The molecule has 0 atom stereocenters. The van der Waals surface area contributed by atoms with Gasteiger partial charge in [-0.25, -0.2) is 0 Å². The second-order valence-corrected chi connectivity index (χ2v) is 4.99. The molecule has 0 aliphatic rings. The molecule has 2 aromatic rings. The van der Waals surface area contributed by atoms with Crippen molar-refractivity contribution in [1.29, 1.82) is 0 Å². The number of aromatic nitrogens is 1.